The van der Waals surface area contributed by atoms with Crippen molar-refractivity contribution in [2.75, 3.05) is 13.6 Å². The first-order chi connectivity index (χ1) is 8.69. The predicted molar refractivity (Wildman–Crippen MR) is 81.1 cm³/mol. The summed E-state index contributed by atoms with van der Waals surface area (Å²) in [4.78, 5) is 2.40. The highest BCUT2D eigenvalue weighted by atomic mass is 32.1. The second-order valence-corrected chi connectivity index (χ2v) is 5.77. The lowest BCUT2D eigenvalue weighted by molar-refractivity contribution is 0.186. The van der Waals surface area contributed by atoms with E-state index in [1.807, 2.05) is 11.3 Å². The third kappa shape index (κ3) is 2.44. The zero-order chi connectivity index (χ0) is 13.1. The average Bonchev–Trinajstić information content (AvgIpc) is 2.83. The number of benzene rings is 1. The van der Waals surface area contributed by atoms with Gasteiger partial charge in [0.05, 0.1) is 0 Å². The maximum Gasteiger partial charge on any atom is 0.0484 e. The second kappa shape index (κ2) is 5.83. The minimum atomic E-state index is 0.316. The fourth-order valence-corrected chi connectivity index (χ4v) is 3.37. The van der Waals surface area contributed by atoms with Crippen LogP contribution >= 0.6 is 11.3 Å². The van der Waals surface area contributed by atoms with Gasteiger partial charge in [0.1, 0.15) is 0 Å². The van der Waals surface area contributed by atoms with Crippen LogP contribution in [-0.2, 0) is 0 Å². The van der Waals surface area contributed by atoms with Crippen molar-refractivity contribution in [3.05, 3.63) is 35.2 Å². The first-order valence-corrected chi connectivity index (χ1v) is 7.45. The minimum absolute atomic E-state index is 0.316. The summed E-state index contributed by atoms with van der Waals surface area (Å²) in [5, 5.41) is 3.62. The summed E-state index contributed by atoms with van der Waals surface area (Å²) < 4.78 is 1.35. The molecule has 0 spiro atoms. The molecule has 0 radical (unpaired) electrons. The number of hydrogen-bond acceptors (Lipinski definition) is 3. The molecular formula is C15H22N2S. The van der Waals surface area contributed by atoms with E-state index in [1.165, 1.54) is 15.6 Å². The first kappa shape index (κ1) is 13.5. The molecule has 2 rings (SSSR count). The molecule has 1 aromatic heterocycles. The van der Waals surface area contributed by atoms with Crippen LogP contribution in [0.4, 0.5) is 0 Å². The van der Waals surface area contributed by atoms with Gasteiger partial charge in [0, 0.05) is 23.3 Å². The van der Waals surface area contributed by atoms with Gasteiger partial charge in [0.25, 0.3) is 0 Å². The van der Waals surface area contributed by atoms with Gasteiger partial charge in [0.15, 0.2) is 0 Å². The van der Waals surface area contributed by atoms with Crippen molar-refractivity contribution in [1.29, 1.82) is 0 Å². The van der Waals surface area contributed by atoms with Crippen LogP contribution in [0.15, 0.2) is 29.6 Å². The molecular weight excluding hydrogens is 240 g/mol. The lowest BCUT2D eigenvalue weighted by Gasteiger charge is -2.32. The molecule has 0 bridgehead atoms. The Morgan fingerprint density at radius 3 is 2.72 bits per heavy atom. The quantitative estimate of drug-likeness (QED) is 0.891. The predicted octanol–water partition coefficient (Wildman–Crippen LogP) is 3.63. The van der Waals surface area contributed by atoms with Crippen molar-refractivity contribution in [3.8, 4) is 0 Å². The molecule has 0 aliphatic heterocycles. The van der Waals surface area contributed by atoms with Crippen LogP contribution < -0.4 is 5.73 Å². The maximum atomic E-state index is 6.01. The van der Waals surface area contributed by atoms with E-state index in [1.54, 1.807) is 0 Å². The number of hydrogen-bond donors (Lipinski definition) is 1. The summed E-state index contributed by atoms with van der Waals surface area (Å²) in [7, 11) is 2.18. The number of nitrogens with two attached hydrogens (primary N) is 1. The van der Waals surface area contributed by atoms with Crippen molar-refractivity contribution >= 4 is 21.4 Å². The van der Waals surface area contributed by atoms with Gasteiger partial charge >= 0.3 is 0 Å². The molecule has 2 atom stereocenters. The lowest BCUT2D eigenvalue weighted by atomic mass is 10.0. The maximum absolute atomic E-state index is 6.01. The average molecular weight is 262 g/mol. The molecule has 18 heavy (non-hydrogen) atoms. The monoisotopic (exact) mass is 262 g/mol. The van der Waals surface area contributed by atoms with Gasteiger partial charge in [0.2, 0.25) is 0 Å². The lowest BCUT2D eigenvalue weighted by Crippen LogP contribution is -2.36. The zero-order valence-corrected chi connectivity index (χ0v) is 12.2. The van der Waals surface area contributed by atoms with Gasteiger partial charge in [-0.2, -0.15) is 0 Å². The van der Waals surface area contributed by atoms with Crippen molar-refractivity contribution < 1.29 is 0 Å². The van der Waals surface area contributed by atoms with Gasteiger partial charge in [-0.1, -0.05) is 25.1 Å². The Bertz CT molecular complexity index is 506. The Morgan fingerprint density at radius 1 is 1.33 bits per heavy atom. The van der Waals surface area contributed by atoms with Gasteiger partial charge in [-0.15, -0.1) is 11.3 Å². The summed E-state index contributed by atoms with van der Waals surface area (Å²) in [6.07, 6.45) is 1.15. The van der Waals surface area contributed by atoms with E-state index < -0.39 is 0 Å². The molecule has 2 nitrogen and oxygen atoms in total. The highest BCUT2D eigenvalue weighted by Gasteiger charge is 2.21. The molecule has 1 aromatic carbocycles. The van der Waals surface area contributed by atoms with E-state index in [2.05, 4.69) is 55.4 Å². The second-order valence-electron chi connectivity index (χ2n) is 4.86. The highest BCUT2D eigenvalue weighted by Crippen LogP contribution is 2.33. The Hall–Kier alpha value is -0.900. The smallest absolute Gasteiger partial charge is 0.0484 e. The van der Waals surface area contributed by atoms with Crippen LogP contribution in [0.25, 0.3) is 10.1 Å². The van der Waals surface area contributed by atoms with Crippen molar-refractivity contribution in [2.45, 2.75) is 32.4 Å². The number of fused-ring (bicyclic) bond motifs is 1. The van der Waals surface area contributed by atoms with E-state index in [0.717, 1.165) is 6.42 Å². The topological polar surface area (TPSA) is 29.3 Å². The highest BCUT2D eigenvalue weighted by molar-refractivity contribution is 7.17. The van der Waals surface area contributed by atoms with E-state index in [-0.39, 0.29) is 0 Å². The van der Waals surface area contributed by atoms with Gasteiger partial charge in [-0.25, -0.2) is 0 Å². The number of thiophene rings is 1. The summed E-state index contributed by atoms with van der Waals surface area (Å²) in [6.45, 7) is 5.15. The molecule has 2 N–H and O–H groups in total. The molecule has 0 saturated heterocycles. The van der Waals surface area contributed by atoms with Crippen molar-refractivity contribution in [2.24, 2.45) is 5.73 Å². The number of nitrogens with zero attached hydrogens (tertiary/aromatic N) is 1. The van der Waals surface area contributed by atoms with Crippen LogP contribution in [0, 0.1) is 0 Å². The van der Waals surface area contributed by atoms with Crippen LogP contribution in [-0.4, -0.2) is 24.5 Å². The minimum Gasteiger partial charge on any atom is -0.329 e. The van der Waals surface area contributed by atoms with E-state index in [0.29, 0.717) is 18.6 Å². The molecule has 0 aliphatic rings. The SMILES string of the molecule is CCC(C)N(C)C(CN)c1csc2ccccc12. The molecule has 2 unspecified atom stereocenters. The van der Waals surface area contributed by atoms with Crippen LogP contribution in [0.1, 0.15) is 31.9 Å². The molecule has 0 saturated carbocycles. The zero-order valence-electron chi connectivity index (χ0n) is 11.4. The third-order valence-electron chi connectivity index (χ3n) is 3.87. The molecule has 2 aromatic rings. The van der Waals surface area contributed by atoms with Crippen LogP contribution in [0.3, 0.4) is 0 Å². The van der Waals surface area contributed by atoms with Crippen molar-refractivity contribution in [1.82, 2.24) is 4.90 Å². The fourth-order valence-electron chi connectivity index (χ4n) is 2.36. The summed E-state index contributed by atoms with van der Waals surface area (Å²) in [5.41, 5.74) is 7.39. The Kier molecular flexibility index (Phi) is 4.38. The largest absolute Gasteiger partial charge is 0.329 e. The van der Waals surface area contributed by atoms with Gasteiger partial charge < -0.3 is 5.73 Å². The van der Waals surface area contributed by atoms with Gasteiger partial charge in [-0.3, -0.25) is 4.90 Å². The summed E-state index contributed by atoms with van der Waals surface area (Å²) in [5.74, 6) is 0. The number of rotatable bonds is 5. The molecule has 3 heteroatoms. The Morgan fingerprint density at radius 2 is 2.06 bits per heavy atom. The van der Waals surface area contributed by atoms with Crippen LogP contribution in [0.2, 0.25) is 0 Å². The third-order valence-corrected chi connectivity index (χ3v) is 4.85. The van der Waals surface area contributed by atoms with Crippen LogP contribution in [0.5, 0.6) is 0 Å². The fraction of sp³-hybridized carbons (Fsp3) is 0.467. The Balaban J connectivity index is 2.38. The van der Waals surface area contributed by atoms with E-state index in [9.17, 15) is 0 Å². The normalized spacial score (nSPS) is 15.2. The molecule has 1 heterocycles. The van der Waals surface area contributed by atoms with E-state index >= 15 is 0 Å². The summed E-state index contributed by atoms with van der Waals surface area (Å²) >= 11 is 1.81. The summed E-state index contributed by atoms with van der Waals surface area (Å²) in [6, 6.07) is 9.45. The first-order valence-electron chi connectivity index (χ1n) is 6.57. The van der Waals surface area contributed by atoms with E-state index in [4.69, 9.17) is 5.73 Å². The van der Waals surface area contributed by atoms with Gasteiger partial charge in [-0.05, 0) is 42.8 Å². The van der Waals surface area contributed by atoms with Crippen molar-refractivity contribution in [3.63, 3.8) is 0 Å². The molecule has 0 fully saturated rings. The molecule has 98 valence electrons. The Labute approximate surface area is 113 Å². The standard InChI is InChI=1S/C15H22N2S/c1-4-11(2)17(3)14(9-16)13-10-18-15-8-6-5-7-12(13)15/h5-8,10-11,14H,4,9,16H2,1-3H3. The number of likely N-dealkylation sites (N-methyl/N-ethyl adjacent to an activating group) is 1. The molecule has 0 amide bonds. The molecule has 0 aliphatic carbocycles.